The molecule has 23 heavy (non-hydrogen) atoms. The average Bonchev–Trinajstić information content (AvgIpc) is 3.06. The Balaban J connectivity index is 1.41. The molecule has 0 saturated carbocycles. The summed E-state index contributed by atoms with van der Waals surface area (Å²) in [5, 5.41) is 6.29. The van der Waals surface area contributed by atoms with Crippen LogP contribution < -0.4 is 5.32 Å². The van der Waals surface area contributed by atoms with Crippen molar-refractivity contribution in [1.82, 2.24) is 19.9 Å². The number of unbranched alkanes of at least 4 members (excludes halogenated alkanes) is 1. The van der Waals surface area contributed by atoms with Gasteiger partial charge in [-0.25, -0.2) is 15.0 Å². The first-order chi connectivity index (χ1) is 11.3. The SMILES string of the molecule is Fc1cnc(NCCCCc2nc(-c3ccccn3)cs2)cn1. The monoisotopic (exact) mass is 329 g/mol. The average molecular weight is 329 g/mol. The van der Waals surface area contributed by atoms with E-state index in [4.69, 9.17) is 0 Å². The van der Waals surface area contributed by atoms with Crippen molar-refractivity contribution in [3.05, 3.63) is 53.1 Å². The third kappa shape index (κ3) is 4.53. The van der Waals surface area contributed by atoms with Gasteiger partial charge in [-0.05, 0) is 31.4 Å². The largest absolute Gasteiger partial charge is 0.369 e. The maximum absolute atomic E-state index is 12.6. The van der Waals surface area contributed by atoms with Crippen molar-refractivity contribution in [2.24, 2.45) is 0 Å². The van der Waals surface area contributed by atoms with E-state index in [9.17, 15) is 4.39 Å². The molecule has 5 nitrogen and oxygen atoms in total. The molecule has 3 rings (SSSR count). The summed E-state index contributed by atoms with van der Waals surface area (Å²) >= 11 is 1.66. The quantitative estimate of drug-likeness (QED) is 0.671. The third-order valence-corrected chi connectivity index (χ3v) is 4.13. The van der Waals surface area contributed by atoms with E-state index >= 15 is 0 Å². The van der Waals surface area contributed by atoms with Crippen molar-refractivity contribution in [3.8, 4) is 11.4 Å². The zero-order valence-electron chi connectivity index (χ0n) is 12.4. The number of hydrogen-bond donors (Lipinski definition) is 1. The van der Waals surface area contributed by atoms with Gasteiger partial charge in [0.05, 0.1) is 28.8 Å². The molecule has 0 unspecified atom stereocenters. The van der Waals surface area contributed by atoms with Crippen LogP contribution in [-0.4, -0.2) is 26.5 Å². The Labute approximate surface area is 137 Å². The van der Waals surface area contributed by atoms with Crippen molar-refractivity contribution in [2.45, 2.75) is 19.3 Å². The highest BCUT2D eigenvalue weighted by molar-refractivity contribution is 7.09. The molecule has 0 aliphatic carbocycles. The number of halogens is 1. The summed E-state index contributed by atoms with van der Waals surface area (Å²) in [6.45, 7) is 0.777. The van der Waals surface area contributed by atoms with Gasteiger partial charge in [-0.3, -0.25) is 4.98 Å². The Morgan fingerprint density at radius 2 is 2.00 bits per heavy atom. The van der Waals surface area contributed by atoms with Gasteiger partial charge < -0.3 is 5.32 Å². The molecule has 0 aliphatic heterocycles. The van der Waals surface area contributed by atoms with E-state index < -0.39 is 5.95 Å². The molecule has 0 bridgehead atoms. The standard InChI is InChI=1S/C16H16FN5S/c17-14-9-21-15(10-20-14)19-8-4-2-6-16-22-13(11-23-16)12-5-1-3-7-18-12/h1,3,5,7,9-11H,2,4,6,8H2,(H,19,21). The molecule has 0 aliphatic rings. The van der Waals surface area contributed by atoms with E-state index in [1.54, 1.807) is 17.5 Å². The smallest absolute Gasteiger partial charge is 0.231 e. The number of aryl methyl sites for hydroxylation is 1. The number of anilines is 1. The minimum atomic E-state index is -0.567. The molecule has 0 spiro atoms. The van der Waals surface area contributed by atoms with Crippen LogP contribution in [0.1, 0.15) is 17.8 Å². The van der Waals surface area contributed by atoms with Crippen molar-refractivity contribution in [1.29, 1.82) is 0 Å². The Bertz CT molecular complexity index is 730. The Morgan fingerprint density at radius 1 is 1.04 bits per heavy atom. The lowest BCUT2D eigenvalue weighted by atomic mass is 10.2. The summed E-state index contributed by atoms with van der Waals surface area (Å²) in [4.78, 5) is 16.4. The van der Waals surface area contributed by atoms with Gasteiger partial charge in [0, 0.05) is 18.1 Å². The molecular formula is C16H16FN5S. The van der Waals surface area contributed by atoms with Crippen molar-refractivity contribution < 1.29 is 4.39 Å². The number of pyridine rings is 1. The van der Waals surface area contributed by atoms with Gasteiger partial charge in [0.1, 0.15) is 5.82 Å². The summed E-state index contributed by atoms with van der Waals surface area (Å²) in [5.41, 5.74) is 1.84. The fourth-order valence-corrected chi connectivity index (χ4v) is 2.91. The number of hydrogen-bond acceptors (Lipinski definition) is 6. The fourth-order valence-electron chi connectivity index (χ4n) is 2.08. The number of thiazole rings is 1. The Morgan fingerprint density at radius 3 is 2.78 bits per heavy atom. The Hall–Kier alpha value is -2.41. The molecule has 1 N–H and O–H groups in total. The fraction of sp³-hybridized carbons (Fsp3) is 0.250. The number of nitrogens with one attached hydrogen (secondary N) is 1. The van der Waals surface area contributed by atoms with Crippen LogP contribution in [0.3, 0.4) is 0 Å². The van der Waals surface area contributed by atoms with E-state index in [0.717, 1.165) is 48.4 Å². The van der Waals surface area contributed by atoms with Crippen molar-refractivity contribution in [2.75, 3.05) is 11.9 Å². The summed E-state index contributed by atoms with van der Waals surface area (Å²) in [7, 11) is 0. The van der Waals surface area contributed by atoms with Crippen LogP contribution in [0, 0.1) is 5.95 Å². The second-order valence-corrected chi connectivity index (χ2v) is 5.89. The highest BCUT2D eigenvalue weighted by Crippen LogP contribution is 2.20. The number of rotatable bonds is 7. The first-order valence-corrected chi connectivity index (χ1v) is 8.26. The molecule has 0 radical (unpaired) electrons. The first kappa shape index (κ1) is 15.5. The van der Waals surface area contributed by atoms with Crippen LogP contribution >= 0.6 is 11.3 Å². The molecule has 0 atom stereocenters. The molecule has 0 amide bonds. The van der Waals surface area contributed by atoms with Gasteiger partial charge in [0.2, 0.25) is 5.95 Å². The van der Waals surface area contributed by atoms with E-state index in [1.807, 2.05) is 23.6 Å². The second kappa shape index (κ2) is 7.73. The summed E-state index contributed by atoms with van der Waals surface area (Å²) in [6.07, 6.45) is 7.23. The van der Waals surface area contributed by atoms with Crippen molar-refractivity contribution in [3.63, 3.8) is 0 Å². The molecule has 118 valence electrons. The first-order valence-electron chi connectivity index (χ1n) is 7.38. The third-order valence-electron chi connectivity index (χ3n) is 3.22. The topological polar surface area (TPSA) is 63.6 Å². The van der Waals surface area contributed by atoms with Gasteiger partial charge in [0.15, 0.2) is 0 Å². The highest BCUT2D eigenvalue weighted by Gasteiger charge is 2.05. The second-order valence-electron chi connectivity index (χ2n) is 4.95. The van der Waals surface area contributed by atoms with Gasteiger partial charge in [-0.2, -0.15) is 4.39 Å². The lowest BCUT2D eigenvalue weighted by Gasteiger charge is -2.03. The van der Waals surface area contributed by atoms with Gasteiger partial charge >= 0.3 is 0 Å². The van der Waals surface area contributed by atoms with E-state index in [2.05, 4.69) is 25.3 Å². The van der Waals surface area contributed by atoms with E-state index in [-0.39, 0.29) is 0 Å². The molecule has 3 aromatic rings. The number of aromatic nitrogens is 4. The van der Waals surface area contributed by atoms with Gasteiger partial charge in [-0.15, -0.1) is 11.3 Å². The van der Waals surface area contributed by atoms with Crippen LogP contribution in [-0.2, 0) is 6.42 Å². The van der Waals surface area contributed by atoms with E-state index in [1.165, 1.54) is 6.20 Å². The van der Waals surface area contributed by atoms with Crippen LogP contribution in [0.2, 0.25) is 0 Å². The molecule has 0 saturated heterocycles. The zero-order chi connectivity index (χ0) is 15.9. The predicted molar refractivity (Wildman–Crippen MR) is 88.8 cm³/mol. The van der Waals surface area contributed by atoms with Crippen LogP contribution in [0.15, 0.2) is 42.2 Å². The molecule has 3 aromatic heterocycles. The lowest BCUT2D eigenvalue weighted by molar-refractivity contribution is 0.577. The summed E-state index contributed by atoms with van der Waals surface area (Å²) < 4.78 is 12.6. The van der Waals surface area contributed by atoms with E-state index in [0.29, 0.717) is 5.82 Å². The number of nitrogens with zero attached hydrogens (tertiary/aromatic N) is 4. The molecule has 3 heterocycles. The minimum Gasteiger partial charge on any atom is -0.369 e. The summed E-state index contributed by atoms with van der Waals surface area (Å²) in [6, 6.07) is 5.83. The van der Waals surface area contributed by atoms with Gasteiger partial charge in [-0.1, -0.05) is 6.07 Å². The molecule has 7 heteroatoms. The summed E-state index contributed by atoms with van der Waals surface area (Å²) in [5.74, 6) is 0.0288. The highest BCUT2D eigenvalue weighted by atomic mass is 32.1. The van der Waals surface area contributed by atoms with Crippen LogP contribution in [0.4, 0.5) is 10.2 Å². The lowest BCUT2D eigenvalue weighted by Crippen LogP contribution is -2.04. The molecular weight excluding hydrogens is 313 g/mol. The van der Waals surface area contributed by atoms with Crippen LogP contribution in [0.5, 0.6) is 0 Å². The molecule has 0 aromatic carbocycles. The predicted octanol–water partition coefficient (Wildman–Crippen LogP) is 3.57. The zero-order valence-corrected chi connectivity index (χ0v) is 13.3. The normalized spacial score (nSPS) is 10.7. The maximum Gasteiger partial charge on any atom is 0.231 e. The van der Waals surface area contributed by atoms with Crippen molar-refractivity contribution >= 4 is 17.2 Å². The molecule has 0 fully saturated rings. The van der Waals surface area contributed by atoms with Gasteiger partial charge in [0.25, 0.3) is 0 Å². The minimum absolute atomic E-state index is 0.567. The van der Waals surface area contributed by atoms with Crippen LogP contribution in [0.25, 0.3) is 11.4 Å². The maximum atomic E-state index is 12.6. The Kier molecular flexibility index (Phi) is 5.21.